The van der Waals surface area contributed by atoms with Crippen molar-refractivity contribution in [2.24, 2.45) is 16.6 Å². The number of carbonyl (C=O) groups excluding carboxylic acids is 3. The number of carbonyl (C=O) groups is 3. The second-order valence-corrected chi connectivity index (χ2v) is 7.76. The van der Waals surface area contributed by atoms with Crippen molar-refractivity contribution in [2.45, 2.75) is 30.8 Å². The number of hydrogen-bond acceptors (Lipinski definition) is 7. The molecule has 4 rings (SSSR count). The highest BCUT2D eigenvalue weighted by molar-refractivity contribution is 6.31. The largest absolute Gasteiger partial charge is 0.445 e. The van der Waals surface area contributed by atoms with E-state index >= 15 is 0 Å². The van der Waals surface area contributed by atoms with E-state index in [1.807, 2.05) is 18.2 Å². The number of halogens is 1. The SMILES string of the molecule is CN1C(=O)C2(N=C(c3ccccc3)C3C=C(Cl)C=CC31)OC(=O)CC[C@@H](N)C(=O)O2. The highest BCUT2D eigenvalue weighted by Gasteiger charge is 2.55. The van der Waals surface area contributed by atoms with Crippen molar-refractivity contribution in [3.63, 3.8) is 0 Å². The molecule has 3 unspecified atom stereocenters. The van der Waals surface area contributed by atoms with Crippen LogP contribution in [0.4, 0.5) is 0 Å². The molecule has 1 spiro atoms. The minimum absolute atomic E-state index is 0.0549. The van der Waals surface area contributed by atoms with Crippen LogP contribution in [0.2, 0.25) is 0 Å². The summed E-state index contributed by atoms with van der Waals surface area (Å²) in [6.45, 7) is 0. The molecular weight excluding hydrogens is 410 g/mol. The molecule has 0 radical (unpaired) electrons. The van der Waals surface area contributed by atoms with Gasteiger partial charge in [-0.15, -0.1) is 0 Å². The number of nitrogens with two attached hydrogens (primary N) is 1. The Kier molecular flexibility index (Phi) is 5.21. The Hall–Kier alpha value is -2.97. The minimum atomic E-state index is -2.49. The monoisotopic (exact) mass is 429 g/mol. The third kappa shape index (κ3) is 3.53. The van der Waals surface area contributed by atoms with E-state index in [0.29, 0.717) is 16.3 Å². The van der Waals surface area contributed by atoms with E-state index in [-0.39, 0.29) is 12.8 Å². The summed E-state index contributed by atoms with van der Waals surface area (Å²) < 4.78 is 10.8. The van der Waals surface area contributed by atoms with Gasteiger partial charge in [0.05, 0.1) is 11.8 Å². The summed E-state index contributed by atoms with van der Waals surface area (Å²) in [7, 11) is 1.53. The molecule has 0 bridgehead atoms. The van der Waals surface area contributed by atoms with Crippen molar-refractivity contribution in [3.8, 4) is 0 Å². The second kappa shape index (κ2) is 7.70. The molecule has 2 N–H and O–H groups in total. The number of fused-ring (bicyclic) bond motifs is 1. The molecule has 1 amide bonds. The minimum Gasteiger partial charge on any atom is -0.395 e. The fraction of sp³-hybridized carbons (Fsp3) is 0.333. The number of rotatable bonds is 1. The standard InChI is InChI=1S/C21H20ClN3O5/c1-25-16-9-7-13(22)11-14(16)18(12-5-3-2-4-6-12)24-21(20(25)28)29-17(26)10-8-15(23)19(27)30-21/h2-7,9,11,14-16H,8,10,23H2,1H3/t14?,15-,16?,21?/m1/s1. The molecule has 8 nitrogen and oxygen atoms in total. The number of amides is 1. The summed E-state index contributed by atoms with van der Waals surface area (Å²) in [5.41, 5.74) is 6.88. The maximum absolute atomic E-state index is 13.4. The maximum Gasteiger partial charge on any atom is 0.445 e. The lowest BCUT2D eigenvalue weighted by Gasteiger charge is -2.34. The highest BCUT2D eigenvalue weighted by atomic mass is 35.5. The van der Waals surface area contributed by atoms with Crippen LogP contribution in [0.3, 0.4) is 0 Å². The number of aliphatic imine (C=N–C) groups is 1. The van der Waals surface area contributed by atoms with Gasteiger partial charge in [-0.05, 0) is 18.1 Å². The van der Waals surface area contributed by atoms with Crippen LogP contribution in [-0.4, -0.2) is 53.5 Å². The Balaban J connectivity index is 1.94. The van der Waals surface area contributed by atoms with E-state index in [2.05, 4.69) is 4.99 Å². The van der Waals surface area contributed by atoms with Gasteiger partial charge in [-0.3, -0.25) is 14.4 Å². The highest BCUT2D eigenvalue weighted by Crippen LogP contribution is 2.35. The third-order valence-electron chi connectivity index (χ3n) is 5.30. The molecule has 2 aliphatic heterocycles. The molecule has 1 aliphatic carbocycles. The molecule has 2 heterocycles. The fourth-order valence-electron chi connectivity index (χ4n) is 3.71. The Morgan fingerprint density at radius 1 is 1.20 bits per heavy atom. The van der Waals surface area contributed by atoms with E-state index in [0.717, 1.165) is 0 Å². The number of esters is 2. The summed E-state index contributed by atoms with van der Waals surface area (Å²) >= 11 is 6.25. The van der Waals surface area contributed by atoms with Crippen LogP contribution in [0.1, 0.15) is 18.4 Å². The van der Waals surface area contributed by atoms with Gasteiger partial charge < -0.3 is 20.1 Å². The second-order valence-electron chi connectivity index (χ2n) is 7.33. The lowest BCUT2D eigenvalue weighted by atomic mass is 9.86. The van der Waals surface area contributed by atoms with Gasteiger partial charge >= 0.3 is 23.8 Å². The number of allylic oxidation sites excluding steroid dienone is 2. The quantitative estimate of drug-likeness (QED) is 0.677. The molecule has 156 valence electrons. The summed E-state index contributed by atoms with van der Waals surface area (Å²) in [5, 5.41) is 0.477. The van der Waals surface area contributed by atoms with Crippen LogP contribution in [0.25, 0.3) is 0 Å². The van der Waals surface area contributed by atoms with Crippen molar-refractivity contribution in [3.05, 3.63) is 59.2 Å². The third-order valence-corrected chi connectivity index (χ3v) is 5.56. The molecule has 0 aromatic heterocycles. The summed E-state index contributed by atoms with van der Waals surface area (Å²) in [6.07, 6.45) is 5.13. The zero-order valence-electron chi connectivity index (χ0n) is 16.2. The van der Waals surface area contributed by atoms with Crippen molar-refractivity contribution in [1.29, 1.82) is 0 Å². The van der Waals surface area contributed by atoms with Gasteiger partial charge in [0, 0.05) is 24.4 Å². The summed E-state index contributed by atoms with van der Waals surface area (Å²) in [4.78, 5) is 44.1. The molecule has 0 saturated carbocycles. The molecule has 4 atom stereocenters. The Morgan fingerprint density at radius 2 is 1.93 bits per heavy atom. The van der Waals surface area contributed by atoms with E-state index in [1.165, 1.54) is 11.9 Å². The first-order chi connectivity index (χ1) is 14.3. The van der Waals surface area contributed by atoms with Gasteiger partial charge in [-0.1, -0.05) is 54.1 Å². The Morgan fingerprint density at radius 3 is 2.67 bits per heavy atom. The first-order valence-electron chi connectivity index (χ1n) is 9.49. The molecule has 9 heteroatoms. The number of nitrogens with zero attached hydrogens (tertiary/aromatic N) is 2. The first-order valence-corrected chi connectivity index (χ1v) is 9.87. The lowest BCUT2D eigenvalue weighted by Crippen LogP contribution is -2.56. The maximum atomic E-state index is 13.4. The smallest absolute Gasteiger partial charge is 0.395 e. The van der Waals surface area contributed by atoms with Crippen molar-refractivity contribution in [1.82, 2.24) is 4.90 Å². The molecule has 1 fully saturated rings. The fourth-order valence-corrected chi connectivity index (χ4v) is 3.92. The number of ether oxygens (including phenoxy) is 2. The van der Waals surface area contributed by atoms with E-state index in [9.17, 15) is 14.4 Å². The Labute approximate surface area is 178 Å². The molecule has 3 aliphatic rings. The van der Waals surface area contributed by atoms with Crippen LogP contribution in [0.15, 0.2) is 58.6 Å². The first kappa shape index (κ1) is 20.3. The van der Waals surface area contributed by atoms with Crippen LogP contribution in [-0.2, 0) is 23.9 Å². The Bertz CT molecular complexity index is 990. The van der Waals surface area contributed by atoms with Crippen molar-refractivity contribution in [2.75, 3.05) is 7.05 Å². The lowest BCUT2D eigenvalue weighted by molar-refractivity contribution is -0.233. The van der Waals surface area contributed by atoms with Gasteiger partial charge in [0.2, 0.25) is 0 Å². The van der Waals surface area contributed by atoms with Crippen molar-refractivity contribution < 1.29 is 23.9 Å². The van der Waals surface area contributed by atoms with Gasteiger partial charge in [-0.25, -0.2) is 0 Å². The predicted octanol–water partition coefficient (Wildman–Crippen LogP) is 1.49. The van der Waals surface area contributed by atoms with E-state index < -0.39 is 41.8 Å². The molecular formula is C21H20ClN3O5. The number of hydrogen-bond donors (Lipinski definition) is 1. The van der Waals surface area contributed by atoms with E-state index in [4.69, 9.17) is 26.8 Å². The van der Waals surface area contributed by atoms with Crippen LogP contribution in [0, 0.1) is 5.92 Å². The van der Waals surface area contributed by atoms with Crippen LogP contribution >= 0.6 is 11.6 Å². The normalized spacial score (nSPS) is 31.6. The molecule has 30 heavy (non-hydrogen) atoms. The van der Waals surface area contributed by atoms with Crippen LogP contribution < -0.4 is 5.73 Å². The summed E-state index contributed by atoms with van der Waals surface area (Å²) in [5.74, 6) is -5.32. The van der Waals surface area contributed by atoms with Gasteiger partial charge in [0.1, 0.15) is 6.04 Å². The van der Waals surface area contributed by atoms with Gasteiger partial charge in [0.25, 0.3) is 0 Å². The van der Waals surface area contributed by atoms with Gasteiger partial charge in [-0.2, -0.15) is 4.99 Å². The van der Waals surface area contributed by atoms with Crippen LogP contribution in [0.5, 0.6) is 0 Å². The molecule has 1 saturated heterocycles. The van der Waals surface area contributed by atoms with Gasteiger partial charge in [0.15, 0.2) is 0 Å². The van der Waals surface area contributed by atoms with E-state index in [1.54, 1.807) is 30.4 Å². The summed E-state index contributed by atoms with van der Waals surface area (Å²) in [6, 6.07) is 7.52. The number of benzene rings is 1. The van der Waals surface area contributed by atoms with Crippen molar-refractivity contribution >= 4 is 35.2 Å². The molecule has 1 aromatic carbocycles. The number of likely N-dealkylation sites (N-methyl/N-ethyl adjacent to an activating group) is 1. The average Bonchev–Trinajstić information content (AvgIpc) is 2.81. The molecule has 1 aromatic rings. The average molecular weight is 430 g/mol. The zero-order chi connectivity index (χ0) is 21.5. The zero-order valence-corrected chi connectivity index (χ0v) is 16.9. The topological polar surface area (TPSA) is 111 Å². The predicted molar refractivity (Wildman–Crippen MR) is 108 cm³/mol.